The first-order valence-electron chi connectivity index (χ1n) is 6.68. The van der Waals surface area contributed by atoms with E-state index in [1.165, 1.54) is 16.8 Å². The topological polar surface area (TPSA) is 86.3 Å². The number of aryl methyl sites for hydroxylation is 1. The molecule has 0 aliphatic heterocycles. The molecule has 114 valence electrons. The van der Waals surface area contributed by atoms with Crippen LogP contribution in [0.2, 0.25) is 0 Å². The third-order valence-electron chi connectivity index (χ3n) is 3.28. The fourth-order valence-electron chi connectivity index (χ4n) is 2.01. The summed E-state index contributed by atoms with van der Waals surface area (Å²) < 4.78 is 26.0. The van der Waals surface area contributed by atoms with E-state index in [0.717, 1.165) is 5.56 Å². The van der Waals surface area contributed by atoms with Gasteiger partial charge in [0.25, 0.3) is 10.0 Å². The minimum Gasteiger partial charge on any atom is -0.387 e. The molecule has 2 aromatic rings. The zero-order chi connectivity index (χ0) is 15.5. The standard InChI is InChI=1S/C14H19N3O3S/c1-3-17(21(19,20)14-8-15-10-16-14)9-13(18)12-6-4-11(2)5-7-12/h4-8,10,13,18H,3,9H2,1-2H3,(H,15,16). The minimum absolute atomic E-state index is 0.000907. The molecular formula is C14H19N3O3S. The Kier molecular flexibility index (Phi) is 4.76. The lowest BCUT2D eigenvalue weighted by Gasteiger charge is -2.22. The van der Waals surface area contributed by atoms with Crippen LogP contribution < -0.4 is 0 Å². The minimum atomic E-state index is -3.66. The summed E-state index contributed by atoms with van der Waals surface area (Å²) in [5.74, 6) is 0. The molecule has 0 saturated heterocycles. The molecule has 1 heterocycles. The van der Waals surface area contributed by atoms with Crippen molar-refractivity contribution in [2.45, 2.75) is 25.0 Å². The fraction of sp³-hybridized carbons (Fsp3) is 0.357. The molecule has 0 radical (unpaired) electrons. The van der Waals surface area contributed by atoms with E-state index >= 15 is 0 Å². The van der Waals surface area contributed by atoms with Crippen LogP contribution in [0.3, 0.4) is 0 Å². The van der Waals surface area contributed by atoms with Crippen molar-refractivity contribution in [2.75, 3.05) is 13.1 Å². The molecular weight excluding hydrogens is 290 g/mol. The zero-order valence-electron chi connectivity index (χ0n) is 12.0. The highest BCUT2D eigenvalue weighted by atomic mass is 32.2. The number of nitrogens with zero attached hydrogens (tertiary/aromatic N) is 2. The molecule has 0 saturated carbocycles. The monoisotopic (exact) mass is 309 g/mol. The number of likely N-dealkylation sites (N-methyl/N-ethyl adjacent to an activating group) is 1. The van der Waals surface area contributed by atoms with E-state index in [-0.39, 0.29) is 18.1 Å². The van der Waals surface area contributed by atoms with Gasteiger partial charge in [-0.3, -0.25) is 0 Å². The Morgan fingerprint density at radius 1 is 1.33 bits per heavy atom. The van der Waals surface area contributed by atoms with Gasteiger partial charge >= 0.3 is 0 Å². The summed E-state index contributed by atoms with van der Waals surface area (Å²) in [5, 5.41) is 10.3. The number of benzene rings is 1. The Balaban J connectivity index is 2.17. The number of aromatic amines is 1. The average Bonchev–Trinajstić information content (AvgIpc) is 3.00. The molecule has 1 atom stereocenters. The van der Waals surface area contributed by atoms with Crippen molar-refractivity contribution in [3.8, 4) is 0 Å². The predicted molar refractivity (Wildman–Crippen MR) is 79.2 cm³/mol. The third kappa shape index (κ3) is 3.49. The van der Waals surface area contributed by atoms with Gasteiger partial charge in [0.2, 0.25) is 0 Å². The maximum atomic E-state index is 12.4. The van der Waals surface area contributed by atoms with Gasteiger partial charge in [-0.15, -0.1) is 0 Å². The summed E-state index contributed by atoms with van der Waals surface area (Å²) in [7, 11) is -3.66. The Morgan fingerprint density at radius 3 is 2.52 bits per heavy atom. The summed E-state index contributed by atoms with van der Waals surface area (Å²) in [6.07, 6.45) is 1.70. The molecule has 2 N–H and O–H groups in total. The van der Waals surface area contributed by atoms with Gasteiger partial charge in [0.1, 0.15) is 0 Å². The number of aromatic nitrogens is 2. The normalized spacial score (nSPS) is 13.5. The first-order chi connectivity index (χ1) is 9.95. The van der Waals surface area contributed by atoms with Crippen molar-refractivity contribution in [1.29, 1.82) is 0 Å². The summed E-state index contributed by atoms with van der Waals surface area (Å²) in [4.78, 5) is 6.32. The number of imidazole rings is 1. The number of rotatable bonds is 6. The molecule has 0 spiro atoms. The first-order valence-corrected chi connectivity index (χ1v) is 8.12. The second-order valence-electron chi connectivity index (χ2n) is 4.80. The number of aliphatic hydroxyl groups excluding tert-OH is 1. The number of hydrogen-bond donors (Lipinski definition) is 2. The number of aliphatic hydroxyl groups is 1. The van der Waals surface area contributed by atoms with Gasteiger partial charge in [0.05, 0.1) is 18.6 Å². The number of sulfonamides is 1. The lowest BCUT2D eigenvalue weighted by atomic mass is 10.1. The molecule has 1 aromatic heterocycles. The van der Waals surface area contributed by atoms with Crippen molar-refractivity contribution in [3.05, 3.63) is 47.9 Å². The maximum Gasteiger partial charge on any atom is 0.260 e. The molecule has 6 nitrogen and oxygen atoms in total. The molecule has 7 heteroatoms. The highest BCUT2D eigenvalue weighted by Gasteiger charge is 2.26. The van der Waals surface area contributed by atoms with Crippen molar-refractivity contribution in [3.63, 3.8) is 0 Å². The number of hydrogen-bond acceptors (Lipinski definition) is 4. The molecule has 1 unspecified atom stereocenters. The molecule has 21 heavy (non-hydrogen) atoms. The zero-order valence-corrected chi connectivity index (χ0v) is 12.8. The van der Waals surface area contributed by atoms with Gasteiger partial charge in [-0.25, -0.2) is 13.4 Å². The summed E-state index contributed by atoms with van der Waals surface area (Å²) in [5.41, 5.74) is 1.78. The van der Waals surface area contributed by atoms with Gasteiger partial charge in [0, 0.05) is 13.1 Å². The second kappa shape index (κ2) is 6.38. The van der Waals surface area contributed by atoms with Gasteiger partial charge in [-0.1, -0.05) is 36.8 Å². The van der Waals surface area contributed by atoms with Crippen LogP contribution in [0.5, 0.6) is 0 Å². The second-order valence-corrected chi connectivity index (χ2v) is 6.70. The largest absolute Gasteiger partial charge is 0.387 e. The summed E-state index contributed by atoms with van der Waals surface area (Å²) in [6, 6.07) is 7.38. The van der Waals surface area contributed by atoms with E-state index < -0.39 is 16.1 Å². The van der Waals surface area contributed by atoms with Crippen LogP contribution in [0.4, 0.5) is 0 Å². The van der Waals surface area contributed by atoms with E-state index in [4.69, 9.17) is 0 Å². The van der Waals surface area contributed by atoms with Gasteiger partial charge in [-0.05, 0) is 12.5 Å². The molecule has 0 fully saturated rings. The third-order valence-corrected chi connectivity index (χ3v) is 5.15. The molecule has 2 rings (SSSR count). The van der Waals surface area contributed by atoms with E-state index in [1.54, 1.807) is 19.1 Å². The highest BCUT2D eigenvalue weighted by molar-refractivity contribution is 7.89. The van der Waals surface area contributed by atoms with E-state index in [0.29, 0.717) is 5.56 Å². The highest BCUT2D eigenvalue weighted by Crippen LogP contribution is 2.19. The molecule has 1 aromatic carbocycles. The van der Waals surface area contributed by atoms with Crippen molar-refractivity contribution in [2.24, 2.45) is 0 Å². The van der Waals surface area contributed by atoms with E-state index in [9.17, 15) is 13.5 Å². The van der Waals surface area contributed by atoms with Crippen LogP contribution in [-0.4, -0.2) is 40.9 Å². The fourth-order valence-corrected chi connectivity index (χ4v) is 3.36. The van der Waals surface area contributed by atoms with Crippen LogP contribution in [-0.2, 0) is 10.0 Å². The lowest BCUT2D eigenvalue weighted by molar-refractivity contribution is 0.149. The smallest absolute Gasteiger partial charge is 0.260 e. The Bertz CT molecular complexity index is 666. The van der Waals surface area contributed by atoms with Crippen LogP contribution in [0.1, 0.15) is 24.2 Å². The van der Waals surface area contributed by atoms with E-state index in [1.807, 2.05) is 19.1 Å². The van der Waals surface area contributed by atoms with Crippen molar-refractivity contribution in [1.82, 2.24) is 14.3 Å². The molecule has 0 amide bonds. The summed E-state index contributed by atoms with van der Waals surface area (Å²) in [6.45, 7) is 3.96. The van der Waals surface area contributed by atoms with Gasteiger partial charge in [0.15, 0.2) is 5.03 Å². The van der Waals surface area contributed by atoms with Crippen LogP contribution >= 0.6 is 0 Å². The SMILES string of the molecule is CCN(CC(O)c1ccc(C)cc1)S(=O)(=O)c1cnc[nH]1. The van der Waals surface area contributed by atoms with Gasteiger partial charge in [-0.2, -0.15) is 4.31 Å². The Hall–Kier alpha value is -1.70. The number of nitrogens with one attached hydrogen (secondary N) is 1. The van der Waals surface area contributed by atoms with Crippen LogP contribution in [0.15, 0.2) is 41.8 Å². The van der Waals surface area contributed by atoms with Crippen molar-refractivity contribution >= 4 is 10.0 Å². The van der Waals surface area contributed by atoms with Crippen LogP contribution in [0.25, 0.3) is 0 Å². The molecule has 0 bridgehead atoms. The Labute approximate surface area is 124 Å². The summed E-state index contributed by atoms with van der Waals surface area (Å²) >= 11 is 0. The maximum absolute atomic E-state index is 12.4. The lowest BCUT2D eigenvalue weighted by Crippen LogP contribution is -2.34. The molecule has 0 aliphatic rings. The number of H-pyrrole nitrogens is 1. The van der Waals surface area contributed by atoms with E-state index in [2.05, 4.69) is 9.97 Å². The van der Waals surface area contributed by atoms with Gasteiger partial charge < -0.3 is 10.1 Å². The predicted octanol–water partition coefficient (Wildman–Crippen LogP) is 1.46. The van der Waals surface area contributed by atoms with Crippen LogP contribution in [0, 0.1) is 6.92 Å². The quantitative estimate of drug-likeness (QED) is 0.846. The Morgan fingerprint density at radius 2 is 2.00 bits per heavy atom. The first kappa shape index (κ1) is 15.7. The average molecular weight is 309 g/mol. The van der Waals surface area contributed by atoms with Crippen molar-refractivity contribution < 1.29 is 13.5 Å². The molecule has 0 aliphatic carbocycles.